The SMILES string of the molecule is CSc1nnc(-c2ccccc2)nn1.Cc1nnc(-c2ccccc2)nn1.Cc1nnc(-c2ccccc2)nn1.Cc1nnc(SCc2ccc(-c3ccccc3)cc2)nn1.Cc1nnc(SCc2ccccc2)nn1.c1ccc(-c2nnc(-c3ccccc3)nn2)cc1. The van der Waals surface area contributed by atoms with Gasteiger partial charge in [-0.3, -0.25) is 0 Å². The van der Waals surface area contributed by atoms with Gasteiger partial charge in [0.05, 0.1) is 0 Å². The van der Waals surface area contributed by atoms with Crippen LogP contribution in [0.3, 0.4) is 0 Å². The van der Waals surface area contributed by atoms with Crippen molar-refractivity contribution in [1.82, 2.24) is 122 Å². The summed E-state index contributed by atoms with van der Waals surface area (Å²) in [6, 6.07) is 77.4. The Morgan fingerprint density at radius 1 is 0.202 bits per heavy atom. The van der Waals surface area contributed by atoms with Crippen LogP contribution in [0.1, 0.15) is 34.4 Å². The molecule has 6 heterocycles. The maximum Gasteiger partial charge on any atom is 0.230 e. The summed E-state index contributed by atoms with van der Waals surface area (Å²) in [5.41, 5.74) is 9.54. The third-order valence-corrected chi connectivity index (χ3v) is 14.5. The number of aromatic nitrogens is 24. The van der Waals surface area contributed by atoms with E-state index in [1.54, 1.807) is 27.7 Å². The number of rotatable bonds is 13. The highest BCUT2D eigenvalue weighted by atomic mass is 32.2. The van der Waals surface area contributed by atoms with Gasteiger partial charge in [-0.2, -0.15) is 0 Å². The van der Waals surface area contributed by atoms with E-state index in [1.807, 2.05) is 194 Å². The number of nitrogens with zero attached hydrogens (tertiary/aromatic N) is 24. The first-order valence-corrected chi connectivity index (χ1v) is 32.0. The molecule has 0 N–H and O–H groups in total. The van der Waals surface area contributed by atoms with Crippen LogP contribution in [0.5, 0.6) is 0 Å². The Kier molecular flexibility index (Phi) is 26.3. The van der Waals surface area contributed by atoms with E-state index in [0.717, 1.165) is 39.3 Å². The van der Waals surface area contributed by atoms with E-state index in [2.05, 4.69) is 171 Å². The van der Waals surface area contributed by atoms with Gasteiger partial charge in [-0.25, -0.2) is 0 Å². The standard InChI is InChI=1S/C16H14N4S.C14H10N4.C10H10N4S.C9H8N4S.2C9H8N4/c1-12-17-19-16(20-18-12)21-11-13-7-9-15(10-8-13)14-5-3-2-4-6-14;1-3-7-11(8-4-1)13-15-17-14(18-16-13)12-9-5-2-6-10-12;1-8-11-13-10(14-12-8)15-7-9-5-3-2-4-6-9;1-14-9-12-10-8(11-13-9)7-5-3-2-4-6-7;2*1-7-10-12-9(13-11-7)8-5-3-2-4-6-8/h2-10H,11H2,1H3;1-10H;2-6H,7H2,1H3;2-6H,1H3;2*2-6H,1H3. The lowest BCUT2D eigenvalue weighted by atomic mass is 10.0. The summed E-state index contributed by atoms with van der Waals surface area (Å²) in [6.45, 7) is 7.06. The smallest absolute Gasteiger partial charge is 0.131 e. The minimum atomic E-state index is 0.537. The van der Waals surface area contributed by atoms with Crippen molar-refractivity contribution in [2.24, 2.45) is 0 Å². The zero-order valence-electron chi connectivity index (χ0n) is 51.4. The maximum absolute atomic E-state index is 4.10. The molecule has 8 aromatic carbocycles. The van der Waals surface area contributed by atoms with Crippen LogP contribution in [0.25, 0.3) is 68.1 Å². The average Bonchev–Trinajstić information content (AvgIpc) is 2.62. The molecule has 0 saturated heterocycles. The van der Waals surface area contributed by atoms with E-state index in [-0.39, 0.29) is 0 Å². The van der Waals surface area contributed by atoms with E-state index in [0.29, 0.717) is 67.9 Å². The molecule has 6 aromatic heterocycles. The van der Waals surface area contributed by atoms with E-state index >= 15 is 0 Å². The zero-order valence-corrected chi connectivity index (χ0v) is 53.8. The second-order valence-electron chi connectivity index (χ2n) is 19.2. The van der Waals surface area contributed by atoms with Gasteiger partial charge in [0.2, 0.25) is 44.6 Å². The second-order valence-corrected chi connectivity index (χ2v) is 21.9. The van der Waals surface area contributed by atoms with E-state index in [9.17, 15) is 0 Å². The van der Waals surface area contributed by atoms with Gasteiger partial charge in [-0.05, 0) is 56.2 Å². The normalized spacial score (nSPS) is 10.2. The van der Waals surface area contributed by atoms with Crippen molar-refractivity contribution in [2.75, 3.05) is 6.26 Å². The van der Waals surface area contributed by atoms with Crippen LogP contribution in [0, 0.1) is 27.7 Å². The average molecular weight is 1300 g/mol. The molecule has 0 aliphatic heterocycles. The molecule has 0 atom stereocenters. The topological polar surface area (TPSA) is 309 Å². The summed E-state index contributed by atoms with van der Waals surface area (Å²) in [7, 11) is 0. The maximum atomic E-state index is 4.10. The van der Waals surface area contributed by atoms with Crippen molar-refractivity contribution in [2.45, 2.75) is 54.7 Å². The molecule has 0 amide bonds. The zero-order chi connectivity index (χ0) is 65.2. The predicted molar refractivity (Wildman–Crippen MR) is 361 cm³/mol. The van der Waals surface area contributed by atoms with Gasteiger partial charge >= 0.3 is 0 Å². The summed E-state index contributed by atoms with van der Waals surface area (Å²) in [5, 5.41) is 96.4. The summed E-state index contributed by atoms with van der Waals surface area (Å²) in [4.78, 5) is 0. The molecule has 0 radical (unpaired) electrons. The number of hydrogen-bond acceptors (Lipinski definition) is 27. The fourth-order valence-electron chi connectivity index (χ4n) is 7.55. The summed E-state index contributed by atoms with van der Waals surface area (Å²) in [5.74, 6) is 6.76. The summed E-state index contributed by atoms with van der Waals surface area (Å²) in [6.07, 6.45) is 1.89. The van der Waals surface area contributed by atoms with Crippen molar-refractivity contribution < 1.29 is 0 Å². The van der Waals surface area contributed by atoms with Crippen LogP contribution >= 0.6 is 35.3 Å². The lowest BCUT2D eigenvalue weighted by Crippen LogP contribution is -1.98. The van der Waals surface area contributed by atoms with Gasteiger partial charge in [0, 0.05) is 39.3 Å². The molecule has 0 aliphatic carbocycles. The third-order valence-electron chi connectivity index (χ3n) is 12.2. The van der Waals surface area contributed by atoms with E-state index < -0.39 is 0 Å². The number of thioether (sulfide) groups is 3. The summed E-state index contributed by atoms with van der Waals surface area (Å²) < 4.78 is 0. The molecule has 0 bridgehead atoms. The van der Waals surface area contributed by atoms with Gasteiger partial charge in [0.1, 0.15) is 0 Å². The second kappa shape index (κ2) is 36.9. The highest BCUT2D eigenvalue weighted by molar-refractivity contribution is 7.98. The van der Waals surface area contributed by atoms with Crippen molar-refractivity contribution in [3.05, 3.63) is 271 Å². The predicted octanol–water partition coefficient (Wildman–Crippen LogP) is 12.1. The van der Waals surface area contributed by atoms with Gasteiger partial charge < -0.3 is 0 Å². The Hall–Kier alpha value is -11.6. The van der Waals surface area contributed by atoms with Crippen molar-refractivity contribution >= 4 is 35.3 Å². The molecule has 0 saturated carbocycles. The molecule has 14 aromatic rings. The van der Waals surface area contributed by atoms with Crippen molar-refractivity contribution in [3.63, 3.8) is 0 Å². The van der Waals surface area contributed by atoms with Gasteiger partial charge in [0.15, 0.2) is 23.3 Å². The quantitative estimate of drug-likeness (QED) is 0.0968. The number of aryl methyl sites for hydroxylation is 4. The van der Waals surface area contributed by atoms with Gasteiger partial charge in [-0.1, -0.05) is 272 Å². The molecular formula is C67H58N24S3. The highest BCUT2D eigenvalue weighted by Gasteiger charge is 2.08. The van der Waals surface area contributed by atoms with E-state index in [1.165, 1.54) is 57.5 Å². The lowest BCUT2D eigenvalue weighted by molar-refractivity contribution is 0.713. The molecule has 14 rings (SSSR count). The fraction of sp³-hybridized carbons (Fsp3) is 0.104. The van der Waals surface area contributed by atoms with E-state index in [4.69, 9.17) is 0 Å². The Labute approximate surface area is 554 Å². The molecule has 94 heavy (non-hydrogen) atoms. The highest BCUT2D eigenvalue weighted by Crippen LogP contribution is 2.24. The molecule has 464 valence electrons. The third kappa shape index (κ3) is 22.4. The molecular weight excluding hydrogens is 1240 g/mol. The summed E-state index contributed by atoms with van der Waals surface area (Å²) >= 11 is 4.50. The van der Waals surface area contributed by atoms with Crippen LogP contribution in [-0.4, -0.2) is 129 Å². The molecule has 0 fully saturated rings. The van der Waals surface area contributed by atoms with Crippen molar-refractivity contribution in [1.29, 1.82) is 0 Å². The molecule has 27 heteroatoms. The first-order valence-electron chi connectivity index (χ1n) is 28.8. The fourth-order valence-corrected chi connectivity index (χ4v) is 9.17. The number of benzene rings is 8. The molecule has 0 aliphatic rings. The monoisotopic (exact) mass is 1290 g/mol. The van der Waals surface area contributed by atoms with Gasteiger partial charge in [-0.15, -0.1) is 122 Å². The van der Waals surface area contributed by atoms with Crippen LogP contribution in [0.4, 0.5) is 0 Å². The Morgan fingerprint density at radius 3 is 0.681 bits per heavy atom. The Morgan fingerprint density at radius 2 is 0.404 bits per heavy atom. The van der Waals surface area contributed by atoms with Crippen LogP contribution < -0.4 is 0 Å². The van der Waals surface area contributed by atoms with Gasteiger partial charge in [0.25, 0.3) is 0 Å². The number of hydrogen-bond donors (Lipinski definition) is 0. The van der Waals surface area contributed by atoms with Crippen LogP contribution in [-0.2, 0) is 11.5 Å². The van der Waals surface area contributed by atoms with Crippen LogP contribution in [0.2, 0.25) is 0 Å². The lowest BCUT2D eigenvalue weighted by Gasteiger charge is -2.04. The van der Waals surface area contributed by atoms with Crippen LogP contribution in [0.15, 0.2) is 252 Å². The molecule has 0 unspecified atom stereocenters. The Bertz CT molecular complexity index is 4240. The first kappa shape index (κ1) is 66.9. The molecule has 24 nitrogen and oxygen atoms in total. The largest absolute Gasteiger partial charge is 0.230 e. The Balaban J connectivity index is 0.000000134. The van der Waals surface area contributed by atoms with Crippen molar-refractivity contribution in [3.8, 4) is 68.1 Å². The molecule has 0 spiro atoms. The minimum Gasteiger partial charge on any atom is -0.131 e. The minimum absolute atomic E-state index is 0.537. The first-order chi connectivity index (χ1) is 46.2.